The van der Waals surface area contributed by atoms with E-state index in [0.29, 0.717) is 0 Å². The summed E-state index contributed by atoms with van der Waals surface area (Å²) in [5, 5.41) is 0. The third-order valence-corrected chi connectivity index (χ3v) is 0.653. The fraction of sp³-hybridized carbons (Fsp3) is 0.333. The molecule has 0 aliphatic rings. The van der Waals surface area contributed by atoms with Gasteiger partial charge in [0.1, 0.15) is 0 Å². The third kappa shape index (κ3) is 3.43. The summed E-state index contributed by atoms with van der Waals surface area (Å²) in [5.41, 5.74) is 6.44. The summed E-state index contributed by atoms with van der Waals surface area (Å²) in [6.07, 6.45) is 3.81. The van der Waals surface area contributed by atoms with E-state index in [1.165, 1.54) is 0 Å². The van der Waals surface area contributed by atoms with Gasteiger partial charge >= 0.3 is 0 Å². The van der Waals surface area contributed by atoms with Crippen molar-refractivity contribution in [3.63, 3.8) is 0 Å². The van der Waals surface area contributed by atoms with Crippen molar-refractivity contribution < 1.29 is 0 Å². The molecule has 0 saturated heterocycles. The molecule has 0 bridgehead atoms. The molecule has 0 rings (SSSR count). The van der Waals surface area contributed by atoms with Gasteiger partial charge in [0.25, 0.3) is 0 Å². The summed E-state index contributed by atoms with van der Waals surface area (Å²) in [4.78, 5) is 0. The Bertz CT molecular complexity index is 94.7. The molecule has 0 aliphatic heterocycles. The largest absolute Gasteiger partial charge is 0.322 e. The van der Waals surface area contributed by atoms with Gasteiger partial charge in [0, 0.05) is 12.7 Å². The van der Waals surface area contributed by atoms with Crippen LogP contribution in [0.25, 0.3) is 0 Å². The second-order valence-corrected chi connectivity index (χ2v) is 1.40. The zero-order valence-electron chi connectivity index (χ0n) is 5.36. The molecule has 0 amide bonds. The maximum Gasteiger partial charge on any atom is 0.0412 e. The van der Waals surface area contributed by atoms with Crippen molar-refractivity contribution in [2.75, 3.05) is 7.05 Å². The van der Waals surface area contributed by atoms with Crippen LogP contribution in [0.1, 0.15) is 6.92 Å². The maximum absolute atomic E-state index is 3.67. The maximum atomic E-state index is 3.67. The van der Waals surface area contributed by atoms with Gasteiger partial charge in [0.15, 0.2) is 0 Å². The highest BCUT2D eigenvalue weighted by Crippen LogP contribution is 1.81. The normalized spacial score (nSPS) is 9.75. The molecular weight excluding hydrogens is 100 g/mol. The zero-order chi connectivity index (χ0) is 6.41. The predicted molar refractivity (Wildman–Crippen MR) is 36.1 cm³/mol. The lowest BCUT2D eigenvalue weighted by atomic mass is 10.4. The van der Waals surface area contributed by atoms with E-state index in [1.807, 2.05) is 19.1 Å². The van der Waals surface area contributed by atoms with E-state index in [1.54, 1.807) is 7.05 Å². The summed E-state index contributed by atoms with van der Waals surface area (Å²) in [6, 6.07) is 0. The SMILES string of the molecule is C=C(/C=C\C)NNC. The molecule has 0 aromatic carbocycles. The van der Waals surface area contributed by atoms with Gasteiger partial charge in [0.05, 0.1) is 0 Å². The molecule has 0 aromatic heterocycles. The topological polar surface area (TPSA) is 24.1 Å². The van der Waals surface area contributed by atoms with Crippen LogP contribution in [-0.2, 0) is 0 Å². The Labute approximate surface area is 50.3 Å². The first-order valence-corrected chi connectivity index (χ1v) is 2.55. The predicted octanol–water partition coefficient (Wildman–Crippen LogP) is 0.800. The number of rotatable bonds is 3. The quantitative estimate of drug-likeness (QED) is 0.417. The Balaban J connectivity index is 3.33. The second kappa shape index (κ2) is 4.40. The van der Waals surface area contributed by atoms with Crippen molar-refractivity contribution in [3.8, 4) is 0 Å². The van der Waals surface area contributed by atoms with Gasteiger partial charge in [-0.3, -0.25) is 0 Å². The van der Waals surface area contributed by atoms with Crippen LogP contribution in [0.3, 0.4) is 0 Å². The summed E-state index contributed by atoms with van der Waals surface area (Å²) < 4.78 is 0. The summed E-state index contributed by atoms with van der Waals surface area (Å²) in [5.74, 6) is 0. The fourth-order valence-corrected chi connectivity index (χ4v) is 0.403. The Morgan fingerprint density at radius 3 is 2.62 bits per heavy atom. The molecule has 8 heavy (non-hydrogen) atoms. The first kappa shape index (κ1) is 7.24. The average Bonchev–Trinajstić information content (AvgIpc) is 1.68. The van der Waals surface area contributed by atoms with Crippen molar-refractivity contribution in [3.05, 3.63) is 24.4 Å². The lowest BCUT2D eigenvalue weighted by Crippen LogP contribution is -2.24. The number of hydrogen-bond donors (Lipinski definition) is 2. The van der Waals surface area contributed by atoms with Crippen molar-refractivity contribution in [2.24, 2.45) is 0 Å². The molecule has 0 radical (unpaired) electrons. The van der Waals surface area contributed by atoms with Crippen molar-refractivity contribution in [2.45, 2.75) is 6.92 Å². The minimum Gasteiger partial charge on any atom is -0.322 e. The molecule has 0 saturated carbocycles. The van der Waals surface area contributed by atoms with E-state index in [0.717, 1.165) is 5.70 Å². The van der Waals surface area contributed by atoms with E-state index in [-0.39, 0.29) is 0 Å². The molecule has 2 heteroatoms. The molecule has 0 unspecified atom stereocenters. The van der Waals surface area contributed by atoms with Gasteiger partial charge < -0.3 is 5.43 Å². The fourth-order valence-electron chi connectivity index (χ4n) is 0.403. The number of allylic oxidation sites excluding steroid dienone is 2. The molecule has 0 atom stereocenters. The second-order valence-electron chi connectivity index (χ2n) is 1.40. The molecule has 0 fully saturated rings. The average molecular weight is 112 g/mol. The van der Waals surface area contributed by atoms with E-state index in [2.05, 4.69) is 17.4 Å². The molecular formula is C6H12N2. The first-order chi connectivity index (χ1) is 3.81. The molecule has 0 heterocycles. The van der Waals surface area contributed by atoms with Gasteiger partial charge in [-0.15, -0.1) is 0 Å². The van der Waals surface area contributed by atoms with E-state index in [4.69, 9.17) is 0 Å². The van der Waals surface area contributed by atoms with Gasteiger partial charge in [-0.2, -0.15) is 0 Å². The van der Waals surface area contributed by atoms with Gasteiger partial charge in [0.2, 0.25) is 0 Å². The molecule has 0 spiro atoms. The Hall–Kier alpha value is -0.760. The Kier molecular flexibility index (Phi) is 3.98. The molecule has 0 aliphatic carbocycles. The van der Waals surface area contributed by atoms with E-state index in [9.17, 15) is 0 Å². The first-order valence-electron chi connectivity index (χ1n) is 2.55. The summed E-state index contributed by atoms with van der Waals surface area (Å²) in [6.45, 7) is 5.62. The molecule has 46 valence electrons. The van der Waals surface area contributed by atoms with Gasteiger partial charge in [-0.05, 0) is 13.0 Å². The van der Waals surface area contributed by atoms with Crippen LogP contribution in [0, 0.1) is 0 Å². The van der Waals surface area contributed by atoms with Gasteiger partial charge in [-0.1, -0.05) is 12.7 Å². The minimum atomic E-state index is 0.870. The van der Waals surface area contributed by atoms with Crippen LogP contribution in [0.5, 0.6) is 0 Å². The lowest BCUT2D eigenvalue weighted by molar-refractivity contribution is 0.706. The third-order valence-electron chi connectivity index (χ3n) is 0.653. The molecule has 2 N–H and O–H groups in total. The van der Waals surface area contributed by atoms with Crippen molar-refractivity contribution in [1.82, 2.24) is 10.9 Å². The van der Waals surface area contributed by atoms with Crippen LogP contribution in [-0.4, -0.2) is 7.05 Å². The molecule has 0 aromatic rings. The highest BCUT2D eigenvalue weighted by Gasteiger charge is 1.76. The van der Waals surface area contributed by atoms with Crippen LogP contribution in [0.4, 0.5) is 0 Å². The highest BCUT2D eigenvalue weighted by atomic mass is 15.3. The van der Waals surface area contributed by atoms with Crippen LogP contribution in [0.15, 0.2) is 24.4 Å². The standard InChI is InChI=1S/C6H12N2/c1-4-5-6(2)8-7-3/h4-5,7-8H,2H2,1,3H3/b5-4-. The van der Waals surface area contributed by atoms with Crippen molar-refractivity contribution in [1.29, 1.82) is 0 Å². The lowest BCUT2D eigenvalue weighted by Gasteiger charge is -1.99. The van der Waals surface area contributed by atoms with Crippen LogP contribution >= 0.6 is 0 Å². The van der Waals surface area contributed by atoms with Gasteiger partial charge in [-0.25, -0.2) is 5.43 Å². The minimum absolute atomic E-state index is 0.870. The summed E-state index contributed by atoms with van der Waals surface area (Å²) in [7, 11) is 1.80. The summed E-state index contributed by atoms with van der Waals surface area (Å²) >= 11 is 0. The number of hydrazine groups is 1. The number of hydrogen-bond acceptors (Lipinski definition) is 2. The Morgan fingerprint density at radius 2 is 2.25 bits per heavy atom. The van der Waals surface area contributed by atoms with Crippen molar-refractivity contribution >= 4 is 0 Å². The van der Waals surface area contributed by atoms with Crippen LogP contribution in [0.2, 0.25) is 0 Å². The van der Waals surface area contributed by atoms with E-state index < -0.39 is 0 Å². The monoisotopic (exact) mass is 112 g/mol. The smallest absolute Gasteiger partial charge is 0.0412 e. The Morgan fingerprint density at radius 1 is 1.62 bits per heavy atom. The van der Waals surface area contributed by atoms with Crippen LogP contribution < -0.4 is 10.9 Å². The highest BCUT2D eigenvalue weighted by molar-refractivity contribution is 5.09. The number of nitrogens with one attached hydrogen (secondary N) is 2. The van der Waals surface area contributed by atoms with E-state index >= 15 is 0 Å². The zero-order valence-corrected chi connectivity index (χ0v) is 5.36. The molecule has 2 nitrogen and oxygen atoms in total.